The van der Waals surface area contributed by atoms with E-state index in [4.69, 9.17) is 9.47 Å². The van der Waals surface area contributed by atoms with Gasteiger partial charge in [-0.25, -0.2) is 0 Å². The lowest BCUT2D eigenvalue weighted by atomic mass is 9.99. The molecule has 1 aliphatic rings. The van der Waals surface area contributed by atoms with Crippen molar-refractivity contribution in [3.8, 4) is 0 Å². The molecule has 0 radical (unpaired) electrons. The summed E-state index contributed by atoms with van der Waals surface area (Å²) in [6.45, 7) is 3.64. The van der Waals surface area contributed by atoms with Gasteiger partial charge in [0.25, 0.3) is 0 Å². The summed E-state index contributed by atoms with van der Waals surface area (Å²) in [7, 11) is 0. The van der Waals surface area contributed by atoms with E-state index in [1.807, 2.05) is 0 Å². The minimum atomic E-state index is -1.59. The first-order chi connectivity index (χ1) is 24.8. The molecule has 0 aromatic heterocycles. The van der Waals surface area contributed by atoms with Crippen molar-refractivity contribution in [2.45, 2.75) is 243 Å². The van der Waals surface area contributed by atoms with Crippen LogP contribution in [-0.4, -0.2) is 98.7 Å². The summed E-state index contributed by atoms with van der Waals surface area (Å²) in [6, 6.07) is -0.886. The first kappa shape index (κ1) is 48.2. The van der Waals surface area contributed by atoms with Gasteiger partial charge in [-0.15, -0.1) is 0 Å². The molecule has 0 aromatic carbocycles. The Labute approximate surface area is 311 Å². The molecule has 0 saturated carbocycles. The maximum atomic E-state index is 13.0. The average molecular weight is 732 g/mol. The van der Waals surface area contributed by atoms with Crippen molar-refractivity contribution in [2.24, 2.45) is 0 Å². The fourth-order valence-electron chi connectivity index (χ4n) is 6.99. The Bertz CT molecular complexity index is 788. The van der Waals surface area contributed by atoms with Crippen molar-refractivity contribution < 1.29 is 44.9 Å². The molecule has 0 aliphatic carbocycles. The molecule has 1 heterocycles. The standard InChI is InChI=1S/C41H81NO9/c1-3-5-7-9-11-13-15-16-17-18-19-20-22-23-25-27-29-34(44)33(32-50-41-39(48)38(47)37(46)36(31-43)51-41)42-40(49)35(45)30-28-26-24-21-14-12-10-8-6-4-2/h33-39,41,43-48H,3-32H2,1-2H3,(H,42,49). The van der Waals surface area contributed by atoms with Gasteiger partial charge in [0.1, 0.15) is 30.5 Å². The van der Waals surface area contributed by atoms with Gasteiger partial charge < -0.3 is 45.4 Å². The number of carbonyl (C=O) groups excluding carboxylic acids is 1. The zero-order valence-electron chi connectivity index (χ0n) is 32.7. The molecule has 0 bridgehead atoms. The van der Waals surface area contributed by atoms with Crippen LogP contribution in [0.25, 0.3) is 0 Å². The van der Waals surface area contributed by atoms with Crippen LogP contribution in [-0.2, 0) is 14.3 Å². The van der Waals surface area contributed by atoms with E-state index >= 15 is 0 Å². The van der Waals surface area contributed by atoms with Crippen LogP contribution in [0.1, 0.15) is 194 Å². The predicted octanol–water partition coefficient (Wildman–Crippen LogP) is 6.97. The fourth-order valence-corrected chi connectivity index (χ4v) is 6.99. The number of hydrogen-bond acceptors (Lipinski definition) is 9. The topological polar surface area (TPSA) is 169 Å². The summed E-state index contributed by atoms with van der Waals surface area (Å²) in [5.41, 5.74) is 0. The van der Waals surface area contributed by atoms with Gasteiger partial charge in [-0.05, 0) is 12.8 Å². The van der Waals surface area contributed by atoms with Crippen molar-refractivity contribution in [1.82, 2.24) is 5.32 Å². The van der Waals surface area contributed by atoms with Crippen LogP contribution in [0.15, 0.2) is 0 Å². The molecule has 7 N–H and O–H groups in total. The van der Waals surface area contributed by atoms with Crippen molar-refractivity contribution in [2.75, 3.05) is 13.2 Å². The highest BCUT2D eigenvalue weighted by Gasteiger charge is 2.44. The second kappa shape index (κ2) is 32.6. The Morgan fingerprint density at radius 1 is 0.588 bits per heavy atom. The van der Waals surface area contributed by atoms with E-state index < -0.39 is 61.5 Å². The molecule has 0 spiro atoms. The smallest absolute Gasteiger partial charge is 0.249 e. The molecule has 1 rings (SSSR count). The number of hydrogen-bond donors (Lipinski definition) is 7. The minimum Gasteiger partial charge on any atom is -0.394 e. The number of ether oxygens (including phenoxy) is 2. The van der Waals surface area contributed by atoms with Crippen LogP contribution in [0.4, 0.5) is 0 Å². The lowest BCUT2D eigenvalue weighted by Gasteiger charge is -2.40. The van der Waals surface area contributed by atoms with Crippen LogP contribution in [0.2, 0.25) is 0 Å². The molecule has 8 unspecified atom stereocenters. The third kappa shape index (κ3) is 23.5. The highest BCUT2D eigenvalue weighted by atomic mass is 16.7. The van der Waals surface area contributed by atoms with Gasteiger partial charge in [0.15, 0.2) is 6.29 Å². The third-order valence-electron chi connectivity index (χ3n) is 10.6. The van der Waals surface area contributed by atoms with E-state index in [1.165, 1.54) is 122 Å². The molecular weight excluding hydrogens is 650 g/mol. The number of carbonyl (C=O) groups is 1. The van der Waals surface area contributed by atoms with Crippen LogP contribution in [0.3, 0.4) is 0 Å². The van der Waals surface area contributed by atoms with Crippen molar-refractivity contribution >= 4 is 5.91 Å². The van der Waals surface area contributed by atoms with Gasteiger partial charge >= 0.3 is 0 Å². The van der Waals surface area contributed by atoms with Gasteiger partial charge in [-0.2, -0.15) is 0 Å². The summed E-state index contributed by atoms with van der Waals surface area (Å²) in [5.74, 6) is -0.584. The number of aliphatic hydroxyl groups excluding tert-OH is 6. The van der Waals surface area contributed by atoms with Gasteiger partial charge in [0.2, 0.25) is 5.91 Å². The highest BCUT2D eigenvalue weighted by Crippen LogP contribution is 2.23. The largest absolute Gasteiger partial charge is 0.394 e. The number of rotatable bonds is 35. The summed E-state index contributed by atoms with van der Waals surface area (Å²) >= 11 is 0. The van der Waals surface area contributed by atoms with Crippen molar-refractivity contribution in [3.63, 3.8) is 0 Å². The molecule has 304 valence electrons. The molecule has 10 nitrogen and oxygen atoms in total. The van der Waals surface area contributed by atoms with E-state index in [-0.39, 0.29) is 6.61 Å². The van der Waals surface area contributed by atoms with E-state index in [2.05, 4.69) is 19.2 Å². The maximum absolute atomic E-state index is 13.0. The van der Waals surface area contributed by atoms with Crippen LogP contribution < -0.4 is 5.32 Å². The van der Waals surface area contributed by atoms with Gasteiger partial charge in [-0.1, -0.05) is 181 Å². The number of unbranched alkanes of at least 4 members (excludes halogenated alkanes) is 24. The van der Waals surface area contributed by atoms with Crippen LogP contribution in [0, 0.1) is 0 Å². The highest BCUT2D eigenvalue weighted by molar-refractivity contribution is 5.80. The Balaban J connectivity index is 2.42. The third-order valence-corrected chi connectivity index (χ3v) is 10.6. The average Bonchev–Trinajstić information content (AvgIpc) is 3.13. The molecule has 0 aromatic rings. The van der Waals surface area contributed by atoms with Gasteiger partial charge in [0.05, 0.1) is 25.4 Å². The second-order valence-corrected chi connectivity index (χ2v) is 15.3. The van der Waals surface area contributed by atoms with E-state index in [0.29, 0.717) is 12.8 Å². The lowest BCUT2D eigenvalue weighted by Crippen LogP contribution is -2.60. The van der Waals surface area contributed by atoms with E-state index in [1.54, 1.807) is 0 Å². The predicted molar refractivity (Wildman–Crippen MR) is 204 cm³/mol. The fraction of sp³-hybridized carbons (Fsp3) is 0.976. The molecule has 51 heavy (non-hydrogen) atoms. The number of aliphatic hydroxyl groups is 6. The first-order valence-electron chi connectivity index (χ1n) is 21.3. The molecule has 1 amide bonds. The lowest BCUT2D eigenvalue weighted by molar-refractivity contribution is -0.302. The molecule has 10 heteroatoms. The Morgan fingerprint density at radius 3 is 1.39 bits per heavy atom. The minimum absolute atomic E-state index is 0.251. The summed E-state index contributed by atoms with van der Waals surface area (Å²) in [4.78, 5) is 13.0. The quantitative estimate of drug-likeness (QED) is 0.0341. The van der Waals surface area contributed by atoms with Crippen molar-refractivity contribution in [1.29, 1.82) is 0 Å². The SMILES string of the molecule is CCCCCCCCCCCCCCCCCCC(O)C(COC1OC(CO)C(O)C(O)C1O)NC(=O)C(O)CCCCCCCCCCCC. The Kier molecular flexibility index (Phi) is 30.8. The number of amides is 1. The first-order valence-corrected chi connectivity index (χ1v) is 21.3. The summed E-state index contributed by atoms with van der Waals surface area (Å²) in [6.07, 6.45) is 23.0. The Hall–Kier alpha value is -0.850. The van der Waals surface area contributed by atoms with Crippen LogP contribution in [0.5, 0.6) is 0 Å². The molecule has 1 saturated heterocycles. The number of nitrogens with one attached hydrogen (secondary N) is 1. The van der Waals surface area contributed by atoms with Crippen LogP contribution >= 0.6 is 0 Å². The Morgan fingerprint density at radius 2 is 0.980 bits per heavy atom. The van der Waals surface area contributed by atoms with Gasteiger partial charge in [-0.3, -0.25) is 4.79 Å². The van der Waals surface area contributed by atoms with E-state index in [9.17, 15) is 35.4 Å². The summed E-state index contributed by atoms with van der Waals surface area (Å²) in [5, 5.41) is 64.6. The van der Waals surface area contributed by atoms with Gasteiger partial charge in [0, 0.05) is 0 Å². The molecule has 1 aliphatic heterocycles. The maximum Gasteiger partial charge on any atom is 0.249 e. The second-order valence-electron chi connectivity index (χ2n) is 15.3. The van der Waals surface area contributed by atoms with Crippen molar-refractivity contribution in [3.05, 3.63) is 0 Å². The molecule has 8 atom stereocenters. The zero-order chi connectivity index (χ0) is 37.5. The monoisotopic (exact) mass is 732 g/mol. The summed E-state index contributed by atoms with van der Waals surface area (Å²) < 4.78 is 11.1. The normalized spacial score (nSPS) is 22.5. The molecular formula is C41H81NO9. The molecule has 1 fully saturated rings. The van der Waals surface area contributed by atoms with E-state index in [0.717, 1.165) is 44.9 Å². The zero-order valence-corrected chi connectivity index (χ0v) is 32.7.